The molecule has 0 aliphatic rings. The molecule has 0 bridgehead atoms. The van der Waals surface area contributed by atoms with E-state index in [4.69, 9.17) is 0 Å². The van der Waals surface area contributed by atoms with Crippen LogP contribution < -0.4 is 10.6 Å². The minimum absolute atomic E-state index is 0.0200. The molecular formula is C14H29N3O2. The molecule has 112 valence electrons. The van der Waals surface area contributed by atoms with Crippen molar-refractivity contribution in [1.29, 1.82) is 0 Å². The molecule has 0 aromatic rings. The molecular weight excluding hydrogens is 242 g/mol. The van der Waals surface area contributed by atoms with E-state index in [1.54, 1.807) is 0 Å². The van der Waals surface area contributed by atoms with Crippen molar-refractivity contribution in [2.24, 2.45) is 11.8 Å². The van der Waals surface area contributed by atoms with Crippen molar-refractivity contribution >= 4 is 11.8 Å². The Labute approximate surface area is 117 Å². The Morgan fingerprint density at radius 2 is 1.42 bits per heavy atom. The molecule has 0 aliphatic carbocycles. The lowest BCUT2D eigenvalue weighted by Crippen LogP contribution is -2.42. The zero-order chi connectivity index (χ0) is 14.8. The zero-order valence-corrected chi connectivity index (χ0v) is 13.0. The predicted molar refractivity (Wildman–Crippen MR) is 77.8 cm³/mol. The van der Waals surface area contributed by atoms with Gasteiger partial charge in [0.05, 0.1) is 6.54 Å². The van der Waals surface area contributed by atoms with Crippen molar-refractivity contribution in [3.8, 4) is 0 Å². The van der Waals surface area contributed by atoms with Crippen molar-refractivity contribution in [1.82, 2.24) is 15.5 Å². The van der Waals surface area contributed by atoms with E-state index in [1.807, 2.05) is 0 Å². The van der Waals surface area contributed by atoms with Gasteiger partial charge in [0.1, 0.15) is 0 Å². The second kappa shape index (κ2) is 9.78. The maximum absolute atomic E-state index is 11.8. The van der Waals surface area contributed by atoms with Crippen LogP contribution in [0, 0.1) is 11.8 Å². The summed E-state index contributed by atoms with van der Waals surface area (Å²) in [5.41, 5.74) is 0. The van der Waals surface area contributed by atoms with Gasteiger partial charge in [-0.05, 0) is 11.8 Å². The highest BCUT2D eigenvalue weighted by atomic mass is 16.2. The van der Waals surface area contributed by atoms with Gasteiger partial charge in [0, 0.05) is 33.1 Å². The maximum Gasteiger partial charge on any atom is 0.234 e. The van der Waals surface area contributed by atoms with Gasteiger partial charge in [-0.1, -0.05) is 27.7 Å². The fraction of sp³-hybridized carbons (Fsp3) is 0.857. The van der Waals surface area contributed by atoms with Gasteiger partial charge < -0.3 is 10.6 Å². The highest BCUT2D eigenvalue weighted by molar-refractivity contribution is 5.78. The SMILES string of the molecule is CC(=O)NCCNC(=O)CN(CC(C)C)CC(C)C. The van der Waals surface area contributed by atoms with Crippen LogP contribution in [0.4, 0.5) is 0 Å². The summed E-state index contributed by atoms with van der Waals surface area (Å²) < 4.78 is 0. The maximum atomic E-state index is 11.8. The molecule has 19 heavy (non-hydrogen) atoms. The van der Waals surface area contributed by atoms with Gasteiger partial charge in [-0.15, -0.1) is 0 Å². The molecule has 2 amide bonds. The molecule has 0 saturated heterocycles. The summed E-state index contributed by atoms with van der Waals surface area (Å²) in [6, 6.07) is 0. The minimum atomic E-state index is -0.0736. The second-order valence-electron chi connectivity index (χ2n) is 5.81. The third kappa shape index (κ3) is 11.7. The highest BCUT2D eigenvalue weighted by Crippen LogP contribution is 2.03. The van der Waals surface area contributed by atoms with E-state index in [9.17, 15) is 9.59 Å². The molecule has 2 N–H and O–H groups in total. The van der Waals surface area contributed by atoms with Crippen LogP contribution in [-0.2, 0) is 9.59 Å². The summed E-state index contributed by atoms with van der Waals surface area (Å²) in [6.07, 6.45) is 0. The summed E-state index contributed by atoms with van der Waals surface area (Å²) in [7, 11) is 0. The number of carbonyl (C=O) groups excluding carboxylic acids is 2. The third-order valence-electron chi connectivity index (χ3n) is 2.44. The van der Waals surface area contributed by atoms with Crippen LogP contribution in [0.5, 0.6) is 0 Å². The normalized spacial score (nSPS) is 11.2. The van der Waals surface area contributed by atoms with Gasteiger partial charge in [-0.3, -0.25) is 14.5 Å². The Morgan fingerprint density at radius 3 is 1.84 bits per heavy atom. The van der Waals surface area contributed by atoms with E-state index in [2.05, 4.69) is 43.2 Å². The lowest BCUT2D eigenvalue weighted by molar-refractivity contribution is -0.123. The monoisotopic (exact) mass is 271 g/mol. The number of nitrogens with zero attached hydrogens (tertiary/aromatic N) is 1. The molecule has 0 fully saturated rings. The van der Waals surface area contributed by atoms with Crippen LogP contribution >= 0.6 is 0 Å². The van der Waals surface area contributed by atoms with Crippen LogP contribution in [0.15, 0.2) is 0 Å². The molecule has 0 aromatic carbocycles. The van der Waals surface area contributed by atoms with Gasteiger partial charge in [-0.25, -0.2) is 0 Å². The van der Waals surface area contributed by atoms with Crippen LogP contribution in [0.1, 0.15) is 34.6 Å². The van der Waals surface area contributed by atoms with Gasteiger partial charge in [0.25, 0.3) is 0 Å². The number of carbonyl (C=O) groups is 2. The summed E-state index contributed by atoms with van der Waals surface area (Å²) >= 11 is 0. The van der Waals surface area contributed by atoms with Gasteiger partial charge in [-0.2, -0.15) is 0 Å². The smallest absolute Gasteiger partial charge is 0.234 e. The Morgan fingerprint density at radius 1 is 0.947 bits per heavy atom. The van der Waals surface area contributed by atoms with Crippen molar-refractivity contribution in [3.63, 3.8) is 0 Å². The minimum Gasteiger partial charge on any atom is -0.355 e. The molecule has 0 unspecified atom stereocenters. The Balaban J connectivity index is 3.97. The zero-order valence-electron chi connectivity index (χ0n) is 13.0. The van der Waals surface area contributed by atoms with Crippen LogP contribution in [-0.4, -0.2) is 49.4 Å². The van der Waals surface area contributed by atoms with Crippen LogP contribution in [0.25, 0.3) is 0 Å². The number of hydrogen-bond acceptors (Lipinski definition) is 3. The first-order chi connectivity index (χ1) is 8.81. The largest absolute Gasteiger partial charge is 0.355 e. The average molecular weight is 271 g/mol. The quantitative estimate of drug-likeness (QED) is 0.611. The molecule has 5 nitrogen and oxygen atoms in total. The fourth-order valence-corrected chi connectivity index (χ4v) is 1.94. The van der Waals surface area contributed by atoms with E-state index in [-0.39, 0.29) is 11.8 Å². The predicted octanol–water partition coefficient (Wildman–Crippen LogP) is 0.853. The Kier molecular flexibility index (Phi) is 9.21. The number of hydrogen-bond donors (Lipinski definition) is 2. The van der Waals surface area contributed by atoms with Crippen molar-refractivity contribution in [2.75, 3.05) is 32.7 Å². The molecule has 0 spiro atoms. The molecule has 0 saturated carbocycles. The topological polar surface area (TPSA) is 61.4 Å². The molecule has 0 atom stereocenters. The van der Waals surface area contributed by atoms with Gasteiger partial charge in [0.15, 0.2) is 0 Å². The number of amides is 2. The van der Waals surface area contributed by atoms with E-state index < -0.39 is 0 Å². The summed E-state index contributed by atoms with van der Waals surface area (Å²) in [6.45, 7) is 13.3. The Hall–Kier alpha value is -1.10. The van der Waals surface area contributed by atoms with Gasteiger partial charge >= 0.3 is 0 Å². The summed E-state index contributed by atoms with van der Waals surface area (Å²) in [4.78, 5) is 24.7. The third-order valence-corrected chi connectivity index (χ3v) is 2.44. The van der Waals surface area contributed by atoms with Crippen molar-refractivity contribution < 1.29 is 9.59 Å². The molecule has 0 aromatic heterocycles. The van der Waals surface area contributed by atoms with Crippen molar-refractivity contribution in [2.45, 2.75) is 34.6 Å². The summed E-state index contributed by atoms with van der Waals surface area (Å²) in [5.74, 6) is 1.04. The van der Waals surface area contributed by atoms with Crippen LogP contribution in [0.2, 0.25) is 0 Å². The molecule has 0 rings (SSSR count). The van der Waals surface area contributed by atoms with Crippen LogP contribution in [0.3, 0.4) is 0 Å². The summed E-state index contributed by atoms with van der Waals surface area (Å²) in [5, 5.41) is 5.47. The lowest BCUT2D eigenvalue weighted by atomic mass is 10.1. The first-order valence-electron chi connectivity index (χ1n) is 7.04. The van der Waals surface area contributed by atoms with E-state index in [1.165, 1.54) is 6.92 Å². The standard InChI is InChI=1S/C14H29N3O2/c1-11(2)8-17(9-12(3)4)10-14(19)16-7-6-15-13(5)18/h11-12H,6-10H2,1-5H3,(H,15,18)(H,16,19). The molecule has 0 aliphatic heterocycles. The highest BCUT2D eigenvalue weighted by Gasteiger charge is 2.13. The molecule has 0 heterocycles. The molecule has 0 radical (unpaired) electrons. The molecule has 5 heteroatoms. The Bertz CT molecular complexity index is 268. The van der Waals surface area contributed by atoms with E-state index in [0.717, 1.165) is 13.1 Å². The average Bonchev–Trinajstić information content (AvgIpc) is 2.22. The second-order valence-corrected chi connectivity index (χ2v) is 5.81. The first kappa shape index (κ1) is 17.9. The fourth-order valence-electron chi connectivity index (χ4n) is 1.94. The van der Waals surface area contributed by atoms with Gasteiger partial charge in [0.2, 0.25) is 11.8 Å². The lowest BCUT2D eigenvalue weighted by Gasteiger charge is -2.25. The van der Waals surface area contributed by atoms with E-state index >= 15 is 0 Å². The van der Waals surface area contributed by atoms with Crippen molar-refractivity contribution in [3.05, 3.63) is 0 Å². The first-order valence-corrected chi connectivity index (χ1v) is 7.04. The number of rotatable bonds is 9. The van der Waals surface area contributed by atoms with E-state index in [0.29, 0.717) is 31.5 Å². The number of nitrogens with one attached hydrogen (secondary N) is 2.